The maximum atomic E-state index is 10.1. The molecule has 0 saturated carbocycles. The standard InChI is InChI=1S/C11H14O2/c12-9-8-11(13)7-6-10-4-2-1-3-5-10/h1-5,9,11,13H,6-8H2/t11-/m0/s1. The second kappa shape index (κ2) is 5.49. The lowest BCUT2D eigenvalue weighted by Crippen LogP contribution is -2.08. The minimum atomic E-state index is -0.488. The van der Waals surface area contributed by atoms with E-state index in [0.717, 1.165) is 12.7 Å². The third-order valence-electron chi connectivity index (χ3n) is 1.98. The highest BCUT2D eigenvalue weighted by molar-refractivity contribution is 5.49. The molecule has 0 bridgehead atoms. The Morgan fingerprint density at radius 1 is 1.31 bits per heavy atom. The van der Waals surface area contributed by atoms with E-state index in [0.29, 0.717) is 6.42 Å². The first-order valence-corrected chi connectivity index (χ1v) is 4.48. The van der Waals surface area contributed by atoms with E-state index >= 15 is 0 Å². The molecule has 0 spiro atoms. The smallest absolute Gasteiger partial charge is 0.122 e. The van der Waals surface area contributed by atoms with Gasteiger partial charge in [0.25, 0.3) is 0 Å². The molecule has 70 valence electrons. The van der Waals surface area contributed by atoms with Crippen LogP contribution in [0.2, 0.25) is 0 Å². The molecule has 0 heterocycles. The van der Waals surface area contributed by atoms with Gasteiger partial charge in [-0.2, -0.15) is 0 Å². The Hall–Kier alpha value is -1.15. The average molecular weight is 178 g/mol. The Kier molecular flexibility index (Phi) is 4.19. The van der Waals surface area contributed by atoms with Crippen LogP contribution in [0.5, 0.6) is 0 Å². The molecule has 0 saturated heterocycles. The zero-order valence-electron chi connectivity index (χ0n) is 7.52. The number of aliphatic hydroxyl groups excluding tert-OH is 1. The number of carbonyl (C=O) groups is 1. The topological polar surface area (TPSA) is 37.3 Å². The summed E-state index contributed by atoms with van der Waals surface area (Å²) in [5, 5.41) is 9.28. The number of carbonyl (C=O) groups excluding carboxylic acids is 1. The maximum Gasteiger partial charge on any atom is 0.122 e. The van der Waals surface area contributed by atoms with Crippen LogP contribution in [-0.4, -0.2) is 17.5 Å². The Labute approximate surface area is 78.2 Å². The fourth-order valence-electron chi connectivity index (χ4n) is 1.21. The van der Waals surface area contributed by atoms with Crippen molar-refractivity contribution in [1.29, 1.82) is 0 Å². The molecular weight excluding hydrogens is 164 g/mol. The molecule has 1 aromatic rings. The fraction of sp³-hybridized carbons (Fsp3) is 0.364. The van der Waals surface area contributed by atoms with Crippen LogP contribution in [0, 0.1) is 0 Å². The molecule has 0 aliphatic carbocycles. The molecule has 1 atom stereocenters. The predicted molar refractivity (Wildman–Crippen MR) is 51.5 cm³/mol. The van der Waals surface area contributed by atoms with Gasteiger partial charge in [-0.3, -0.25) is 0 Å². The summed E-state index contributed by atoms with van der Waals surface area (Å²) >= 11 is 0. The van der Waals surface area contributed by atoms with E-state index in [9.17, 15) is 9.90 Å². The van der Waals surface area contributed by atoms with Crippen LogP contribution in [0.4, 0.5) is 0 Å². The molecule has 13 heavy (non-hydrogen) atoms. The van der Waals surface area contributed by atoms with Crippen molar-refractivity contribution in [2.24, 2.45) is 0 Å². The van der Waals surface area contributed by atoms with Crippen molar-refractivity contribution >= 4 is 6.29 Å². The van der Waals surface area contributed by atoms with Gasteiger partial charge in [0.15, 0.2) is 0 Å². The highest BCUT2D eigenvalue weighted by Crippen LogP contribution is 2.05. The molecule has 0 aliphatic rings. The van der Waals surface area contributed by atoms with Crippen molar-refractivity contribution in [2.45, 2.75) is 25.4 Å². The molecule has 0 aliphatic heterocycles. The van der Waals surface area contributed by atoms with Crippen LogP contribution < -0.4 is 0 Å². The molecule has 1 aromatic carbocycles. The maximum absolute atomic E-state index is 10.1. The van der Waals surface area contributed by atoms with Gasteiger partial charge in [0.1, 0.15) is 6.29 Å². The van der Waals surface area contributed by atoms with Crippen LogP contribution >= 0.6 is 0 Å². The van der Waals surface area contributed by atoms with Crippen LogP contribution in [0.3, 0.4) is 0 Å². The van der Waals surface area contributed by atoms with E-state index < -0.39 is 6.10 Å². The van der Waals surface area contributed by atoms with Crippen LogP contribution in [0.1, 0.15) is 18.4 Å². The number of rotatable bonds is 5. The second-order valence-electron chi connectivity index (χ2n) is 3.08. The van der Waals surface area contributed by atoms with E-state index in [2.05, 4.69) is 0 Å². The predicted octanol–water partition coefficient (Wildman–Crippen LogP) is 1.57. The van der Waals surface area contributed by atoms with Gasteiger partial charge in [0.2, 0.25) is 0 Å². The third-order valence-corrected chi connectivity index (χ3v) is 1.98. The molecule has 2 nitrogen and oxygen atoms in total. The Bertz CT molecular complexity index is 244. The van der Waals surface area contributed by atoms with Crippen LogP contribution in [-0.2, 0) is 11.2 Å². The summed E-state index contributed by atoms with van der Waals surface area (Å²) in [7, 11) is 0. The highest BCUT2D eigenvalue weighted by atomic mass is 16.3. The van der Waals surface area contributed by atoms with E-state index in [4.69, 9.17) is 0 Å². The molecule has 0 unspecified atom stereocenters. The SMILES string of the molecule is O=CC[C@@H](O)CCc1ccccc1. The van der Waals surface area contributed by atoms with Crippen molar-refractivity contribution < 1.29 is 9.90 Å². The lowest BCUT2D eigenvalue weighted by atomic mass is 10.1. The highest BCUT2D eigenvalue weighted by Gasteiger charge is 2.02. The normalized spacial score (nSPS) is 12.4. The molecule has 0 aromatic heterocycles. The molecular formula is C11H14O2. The number of aldehydes is 1. The van der Waals surface area contributed by atoms with Crippen molar-refractivity contribution in [3.63, 3.8) is 0 Å². The van der Waals surface area contributed by atoms with Crippen molar-refractivity contribution in [3.05, 3.63) is 35.9 Å². The Morgan fingerprint density at radius 3 is 2.62 bits per heavy atom. The molecule has 1 N–H and O–H groups in total. The summed E-state index contributed by atoms with van der Waals surface area (Å²) in [6.45, 7) is 0. The molecule has 2 heteroatoms. The minimum Gasteiger partial charge on any atom is -0.393 e. The van der Waals surface area contributed by atoms with Crippen LogP contribution in [0.15, 0.2) is 30.3 Å². The summed E-state index contributed by atoms with van der Waals surface area (Å²) in [6.07, 6.45) is 2.00. The summed E-state index contributed by atoms with van der Waals surface area (Å²) < 4.78 is 0. The number of aliphatic hydroxyl groups is 1. The van der Waals surface area contributed by atoms with E-state index in [1.165, 1.54) is 5.56 Å². The van der Waals surface area contributed by atoms with Gasteiger partial charge in [-0.15, -0.1) is 0 Å². The van der Waals surface area contributed by atoms with Gasteiger partial charge in [-0.05, 0) is 18.4 Å². The Balaban J connectivity index is 2.30. The molecule has 0 fully saturated rings. The van der Waals surface area contributed by atoms with Gasteiger partial charge in [-0.1, -0.05) is 30.3 Å². The lowest BCUT2D eigenvalue weighted by Gasteiger charge is -2.05. The van der Waals surface area contributed by atoms with Gasteiger partial charge in [-0.25, -0.2) is 0 Å². The quantitative estimate of drug-likeness (QED) is 0.695. The van der Waals surface area contributed by atoms with E-state index in [1.807, 2.05) is 30.3 Å². The monoisotopic (exact) mass is 178 g/mol. The number of benzene rings is 1. The largest absolute Gasteiger partial charge is 0.393 e. The number of aryl methyl sites for hydroxylation is 1. The van der Waals surface area contributed by atoms with Crippen molar-refractivity contribution in [2.75, 3.05) is 0 Å². The first-order valence-electron chi connectivity index (χ1n) is 4.48. The van der Waals surface area contributed by atoms with Crippen molar-refractivity contribution in [1.82, 2.24) is 0 Å². The summed E-state index contributed by atoms with van der Waals surface area (Å²) in [6, 6.07) is 9.95. The zero-order chi connectivity index (χ0) is 9.52. The number of hydrogen-bond acceptors (Lipinski definition) is 2. The van der Waals surface area contributed by atoms with Gasteiger partial charge < -0.3 is 9.90 Å². The third kappa shape index (κ3) is 3.85. The lowest BCUT2D eigenvalue weighted by molar-refractivity contribution is -0.109. The summed E-state index contributed by atoms with van der Waals surface area (Å²) in [5.41, 5.74) is 1.20. The second-order valence-corrected chi connectivity index (χ2v) is 3.08. The van der Waals surface area contributed by atoms with Crippen LogP contribution in [0.25, 0.3) is 0 Å². The molecule has 0 amide bonds. The first-order chi connectivity index (χ1) is 6.33. The van der Waals surface area contributed by atoms with Crippen molar-refractivity contribution in [3.8, 4) is 0 Å². The van der Waals surface area contributed by atoms with Gasteiger partial charge in [0, 0.05) is 6.42 Å². The first kappa shape index (κ1) is 9.93. The zero-order valence-corrected chi connectivity index (χ0v) is 7.52. The summed E-state index contributed by atoms with van der Waals surface area (Å²) in [5.74, 6) is 0. The minimum absolute atomic E-state index is 0.243. The number of hydrogen-bond donors (Lipinski definition) is 1. The summed E-state index contributed by atoms with van der Waals surface area (Å²) in [4.78, 5) is 10.1. The average Bonchev–Trinajstić information content (AvgIpc) is 2.17. The van der Waals surface area contributed by atoms with E-state index in [1.54, 1.807) is 0 Å². The van der Waals surface area contributed by atoms with Gasteiger partial charge in [0.05, 0.1) is 6.10 Å². The van der Waals surface area contributed by atoms with Gasteiger partial charge >= 0.3 is 0 Å². The molecule has 0 radical (unpaired) electrons. The molecule has 1 rings (SSSR count). The fourth-order valence-corrected chi connectivity index (χ4v) is 1.21. The Morgan fingerprint density at radius 2 is 2.00 bits per heavy atom. The van der Waals surface area contributed by atoms with E-state index in [-0.39, 0.29) is 6.42 Å².